The lowest BCUT2D eigenvalue weighted by Gasteiger charge is -2.20. The molecule has 1 aromatic carbocycles. The van der Waals surface area contributed by atoms with E-state index in [1.165, 1.54) is 26.5 Å². The molecule has 8 heteroatoms. The van der Waals surface area contributed by atoms with Crippen LogP contribution < -0.4 is 15.0 Å². The third kappa shape index (κ3) is 4.91. The predicted molar refractivity (Wildman–Crippen MR) is 102 cm³/mol. The number of carbonyl (C=O) groups excluding carboxylic acids is 1. The van der Waals surface area contributed by atoms with Crippen molar-refractivity contribution < 1.29 is 28.9 Å². The van der Waals surface area contributed by atoms with Gasteiger partial charge in [-0.3, -0.25) is 9.59 Å². The van der Waals surface area contributed by atoms with Crippen LogP contribution in [0.25, 0.3) is 11.1 Å². The number of aromatic carboxylic acids is 1. The number of hydrogen-bond donors (Lipinski definition) is 1. The summed E-state index contributed by atoms with van der Waals surface area (Å²) in [6, 6.07) is 6.28. The highest BCUT2D eigenvalue weighted by atomic mass is 16.6. The number of methoxy groups -OCH3 is 2. The standard InChI is InChI=1S/C20H23NO7/c1-20(2,3)28-17(22)11-21-10-13(8-14(18(21)23)19(24)25)12-6-7-15(26-4)16(9-12)27-5/h6-10H,11H2,1-5H3,(H,24,25). The van der Waals surface area contributed by atoms with Gasteiger partial charge < -0.3 is 23.9 Å². The van der Waals surface area contributed by atoms with E-state index in [0.717, 1.165) is 4.57 Å². The average molecular weight is 389 g/mol. The SMILES string of the molecule is COc1ccc(-c2cc(C(=O)O)c(=O)n(CC(=O)OC(C)(C)C)c2)cc1OC. The number of esters is 1. The number of carbonyl (C=O) groups is 2. The van der Waals surface area contributed by atoms with E-state index in [1.54, 1.807) is 39.0 Å². The second-order valence-corrected chi connectivity index (χ2v) is 7.04. The van der Waals surface area contributed by atoms with Crippen molar-refractivity contribution in [3.63, 3.8) is 0 Å². The minimum absolute atomic E-state index is 0.405. The van der Waals surface area contributed by atoms with Gasteiger partial charge in [-0.25, -0.2) is 4.79 Å². The fourth-order valence-electron chi connectivity index (χ4n) is 2.59. The van der Waals surface area contributed by atoms with Crippen LogP contribution in [0, 0.1) is 0 Å². The van der Waals surface area contributed by atoms with Crippen LogP contribution in [0.2, 0.25) is 0 Å². The molecule has 150 valence electrons. The number of carboxylic acid groups (broad SMARTS) is 1. The van der Waals surface area contributed by atoms with Crippen molar-refractivity contribution in [2.75, 3.05) is 14.2 Å². The van der Waals surface area contributed by atoms with Gasteiger partial charge in [-0.15, -0.1) is 0 Å². The van der Waals surface area contributed by atoms with E-state index in [2.05, 4.69) is 0 Å². The molecule has 0 radical (unpaired) electrons. The van der Waals surface area contributed by atoms with Crippen LogP contribution in [0.4, 0.5) is 0 Å². The zero-order chi connectivity index (χ0) is 21.1. The average Bonchev–Trinajstić information content (AvgIpc) is 2.60. The molecule has 0 aliphatic heterocycles. The maximum atomic E-state index is 12.4. The maximum absolute atomic E-state index is 12.4. The van der Waals surface area contributed by atoms with Crippen LogP contribution in [0.5, 0.6) is 11.5 Å². The Labute approximate surface area is 162 Å². The first-order chi connectivity index (χ1) is 13.1. The Morgan fingerprint density at radius 3 is 2.21 bits per heavy atom. The molecule has 2 aromatic rings. The molecule has 0 fully saturated rings. The Morgan fingerprint density at radius 1 is 1.04 bits per heavy atom. The molecule has 0 unspecified atom stereocenters. The maximum Gasteiger partial charge on any atom is 0.341 e. The lowest BCUT2D eigenvalue weighted by molar-refractivity contribution is -0.155. The minimum atomic E-state index is -1.38. The molecular weight excluding hydrogens is 366 g/mol. The summed E-state index contributed by atoms with van der Waals surface area (Å²) < 4.78 is 16.7. The third-order valence-corrected chi connectivity index (χ3v) is 3.75. The van der Waals surface area contributed by atoms with E-state index in [-0.39, 0.29) is 0 Å². The zero-order valence-electron chi connectivity index (χ0n) is 16.4. The van der Waals surface area contributed by atoms with Crippen LogP contribution >= 0.6 is 0 Å². The molecule has 0 spiro atoms. The molecule has 1 heterocycles. The number of carboxylic acids is 1. The van der Waals surface area contributed by atoms with Gasteiger partial charge in [-0.1, -0.05) is 6.07 Å². The summed E-state index contributed by atoms with van der Waals surface area (Å²) in [7, 11) is 2.98. The lowest BCUT2D eigenvalue weighted by Crippen LogP contribution is -2.32. The van der Waals surface area contributed by atoms with Crippen molar-refractivity contribution >= 4 is 11.9 Å². The van der Waals surface area contributed by atoms with Gasteiger partial charge >= 0.3 is 11.9 Å². The predicted octanol–water partition coefficient (Wildman–Crippen LogP) is 2.57. The molecule has 0 atom stereocenters. The van der Waals surface area contributed by atoms with E-state index < -0.39 is 35.2 Å². The fourth-order valence-corrected chi connectivity index (χ4v) is 2.59. The zero-order valence-corrected chi connectivity index (χ0v) is 16.4. The molecule has 2 rings (SSSR count). The topological polar surface area (TPSA) is 104 Å². The lowest BCUT2D eigenvalue weighted by atomic mass is 10.0. The molecule has 0 aliphatic carbocycles. The van der Waals surface area contributed by atoms with Crippen molar-refractivity contribution in [2.45, 2.75) is 32.9 Å². The number of benzene rings is 1. The van der Waals surface area contributed by atoms with Gasteiger partial charge in [0, 0.05) is 6.20 Å². The molecule has 0 amide bonds. The quantitative estimate of drug-likeness (QED) is 0.757. The summed E-state index contributed by atoms with van der Waals surface area (Å²) in [6.45, 7) is 4.71. The van der Waals surface area contributed by atoms with Crippen LogP contribution in [-0.2, 0) is 16.1 Å². The van der Waals surface area contributed by atoms with Gasteiger partial charge in [0.1, 0.15) is 17.7 Å². The molecule has 0 saturated heterocycles. The van der Waals surface area contributed by atoms with Crippen molar-refractivity contribution in [1.29, 1.82) is 0 Å². The van der Waals surface area contributed by atoms with Crippen molar-refractivity contribution in [3.05, 3.63) is 46.4 Å². The fraction of sp³-hybridized carbons (Fsp3) is 0.350. The second-order valence-electron chi connectivity index (χ2n) is 7.04. The molecule has 8 nitrogen and oxygen atoms in total. The van der Waals surface area contributed by atoms with Crippen LogP contribution in [-0.4, -0.2) is 41.4 Å². The summed E-state index contributed by atoms with van der Waals surface area (Å²) >= 11 is 0. The van der Waals surface area contributed by atoms with Gasteiger partial charge in [0.2, 0.25) is 0 Å². The third-order valence-electron chi connectivity index (χ3n) is 3.75. The molecule has 0 aliphatic rings. The molecule has 1 aromatic heterocycles. The smallest absolute Gasteiger partial charge is 0.341 e. The summed E-state index contributed by atoms with van der Waals surface area (Å²) in [6.07, 6.45) is 1.42. The first-order valence-electron chi connectivity index (χ1n) is 8.47. The monoisotopic (exact) mass is 389 g/mol. The van der Waals surface area contributed by atoms with Crippen LogP contribution in [0.15, 0.2) is 35.3 Å². The molecule has 28 heavy (non-hydrogen) atoms. The van der Waals surface area contributed by atoms with Gasteiger partial charge in [0.05, 0.1) is 14.2 Å². The van der Waals surface area contributed by atoms with Crippen molar-refractivity contribution in [1.82, 2.24) is 4.57 Å². The number of hydrogen-bond acceptors (Lipinski definition) is 6. The highest BCUT2D eigenvalue weighted by molar-refractivity contribution is 5.89. The molecule has 1 N–H and O–H groups in total. The van der Waals surface area contributed by atoms with Crippen LogP contribution in [0.1, 0.15) is 31.1 Å². The Balaban J connectivity index is 2.54. The van der Waals surface area contributed by atoms with Crippen molar-refractivity contribution in [2.24, 2.45) is 0 Å². The van der Waals surface area contributed by atoms with Crippen LogP contribution in [0.3, 0.4) is 0 Å². The summed E-state index contributed by atoms with van der Waals surface area (Å²) in [5.41, 5.74) is -0.935. The Morgan fingerprint density at radius 2 is 1.68 bits per heavy atom. The van der Waals surface area contributed by atoms with Crippen molar-refractivity contribution in [3.8, 4) is 22.6 Å². The van der Waals surface area contributed by atoms with Gasteiger partial charge in [-0.2, -0.15) is 0 Å². The molecular formula is C20H23NO7. The van der Waals surface area contributed by atoms with E-state index >= 15 is 0 Å². The normalized spacial score (nSPS) is 11.0. The highest BCUT2D eigenvalue weighted by Crippen LogP contribution is 2.32. The first-order valence-corrected chi connectivity index (χ1v) is 8.47. The summed E-state index contributed by atoms with van der Waals surface area (Å²) in [4.78, 5) is 36.1. The second kappa shape index (κ2) is 8.16. The highest BCUT2D eigenvalue weighted by Gasteiger charge is 2.20. The first kappa shape index (κ1) is 21.0. The number of nitrogens with zero attached hydrogens (tertiary/aromatic N) is 1. The van der Waals surface area contributed by atoms with E-state index in [9.17, 15) is 19.5 Å². The number of rotatable bonds is 6. The Bertz CT molecular complexity index is 954. The number of pyridine rings is 1. The minimum Gasteiger partial charge on any atom is -0.493 e. The largest absolute Gasteiger partial charge is 0.493 e. The van der Waals surface area contributed by atoms with E-state index in [1.807, 2.05) is 0 Å². The molecule has 0 saturated carbocycles. The summed E-state index contributed by atoms with van der Waals surface area (Å²) in [5, 5.41) is 9.39. The Kier molecular flexibility index (Phi) is 6.12. The van der Waals surface area contributed by atoms with Gasteiger partial charge in [-0.05, 0) is 50.1 Å². The molecule has 0 bridgehead atoms. The van der Waals surface area contributed by atoms with E-state index in [4.69, 9.17) is 14.2 Å². The number of aromatic nitrogens is 1. The van der Waals surface area contributed by atoms with Gasteiger partial charge in [0.15, 0.2) is 11.5 Å². The Hall–Kier alpha value is -3.29. The van der Waals surface area contributed by atoms with E-state index in [0.29, 0.717) is 22.6 Å². The number of ether oxygens (including phenoxy) is 3. The summed E-state index contributed by atoms with van der Waals surface area (Å²) in [5.74, 6) is -1.07. The van der Waals surface area contributed by atoms with Gasteiger partial charge in [0.25, 0.3) is 5.56 Å².